The minimum atomic E-state index is -4.02. The molecule has 0 spiro atoms. The maximum atomic E-state index is 12.8. The summed E-state index contributed by atoms with van der Waals surface area (Å²) in [6.07, 6.45) is -0.0199. The molecule has 0 aliphatic heterocycles. The lowest BCUT2D eigenvalue weighted by molar-refractivity contribution is -0.186. The summed E-state index contributed by atoms with van der Waals surface area (Å²) in [7, 11) is 0. The Morgan fingerprint density at radius 3 is 2.58 bits per heavy atom. The van der Waals surface area contributed by atoms with Crippen LogP contribution < -0.4 is 5.32 Å². The van der Waals surface area contributed by atoms with E-state index in [4.69, 9.17) is 0 Å². The second kappa shape index (κ2) is 7.32. The number of rotatable bonds is 6. The largest absolute Gasteiger partial charge is 0.391 e. The number of alkyl halides is 3. The molecular formula is C15H26F3N. The van der Waals surface area contributed by atoms with Crippen molar-refractivity contribution in [3.05, 3.63) is 12.2 Å². The summed E-state index contributed by atoms with van der Waals surface area (Å²) in [5, 5.41) is 3.37. The van der Waals surface area contributed by atoms with Gasteiger partial charge in [-0.3, -0.25) is 0 Å². The molecule has 0 amide bonds. The molecule has 1 saturated carbocycles. The fourth-order valence-corrected chi connectivity index (χ4v) is 3.06. The molecule has 0 radical (unpaired) electrons. The van der Waals surface area contributed by atoms with Crippen molar-refractivity contribution in [3.8, 4) is 0 Å². The fraction of sp³-hybridized carbons (Fsp3) is 0.867. The van der Waals surface area contributed by atoms with Gasteiger partial charge in [-0.15, -0.1) is 6.58 Å². The number of hydrogen-bond donors (Lipinski definition) is 1. The molecule has 1 N–H and O–H groups in total. The van der Waals surface area contributed by atoms with Crippen LogP contribution >= 0.6 is 0 Å². The van der Waals surface area contributed by atoms with Gasteiger partial charge in [0, 0.05) is 6.04 Å². The van der Waals surface area contributed by atoms with Gasteiger partial charge < -0.3 is 5.32 Å². The maximum Gasteiger partial charge on any atom is 0.391 e. The van der Waals surface area contributed by atoms with Crippen LogP contribution in [0.2, 0.25) is 0 Å². The Morgan fingerprint density at radius 1 is 1.37 bits per heavy atom. The van der Waals surface area contributed by atoms with Crippen molar-refractivity contribution >= 4 is 0 Å². The summed E-state index contributed by atoms with van der Waals surface area (Å²) in [5.41, 5.74) is 1.10. The first-order valence-electron chi connectivity index (χ1n) is 7.29. The first-order valence-corrected chi connectivity index (χ1v) is 7.29. The second-order valence-electron chi connectivity index (χ2n) is 5.83. The minimum absolute atomic E-state index is 0.152. The van der Waals surface area contributed by atoms with Gasteiger partial charge in [-0.1, -0.05) is 18.9 Å². The normalized spacial score (nSPS) is 26.2. The predicted molar refractivity (Wildman–Crippen MR) is 73.0 cm³/mol. The highest BCUT2D eigenvalue weighted by molar-refractivity contribution is 4.92. The smallest absolute Gasteiger partial charge is 0.314 e. The molecule has 4 heteroatoms. The van der Waals surface area contributed by atoms with Gasteiger partial charge in [0.15, 0.2) is 0 Å². The molecule has 0 bridgehead atoms. The van der Waals surface area contributed by atoms with Crippen molar-refractivity contribution in [1.82, 2.24) is 5.32 Å². The highest BCUT2D eigenvalue weighted by Gasteiger charge is 2.43. The van der Waals surface area contributed by atoms with E-state index in [-0.39, 0.29) is 18.4 Å². The molecule has 1 aliphatic rings. The summed E-state index contributed by atoms with van der Waals surface area (Å²) in [5.74, 6) is -0.947. The number of nitrogens with one attached hydrogen (secondary N) is 1. The molecule has 112 valence electrons. The molecule has 0 aromatic carbocycles. The Balaban J connectivity index is 2.59. The molecule has 0 aromatic rings. The molecule has 1 nitrogen and oxygen atoms in total. The van der Waals surface area contributed by atoms with Gasteiger partial charge in [0.05, 0.1) is 5.92 Å². The molecule has 19 heavy (non-hydrogen) atoms. The van der Waals surface area contributed by atoms with E-state index in [0.29, 0.717) is 12.8 Å². The summed E-state index contributed by atoms with van der Waals surface area (Å²) in [6.45, 7) is 8.68. The van der Waals surface area contributed by atoms with E-state index in [1.54, 1.807) is 0 Å². The third-order valence-electron chi connectivity index (χ3n) is 4.10. The highest BCUT2D eigenvalue weighted by atomic mass is 19.4. The van der Waals surface area contributed by atoms with Crippen molar-refractivity contribution in [2.75, 3.05) is 6.54 Å². The van der Waals surface area contributed by atoms with E-state index in [0.717, 1.165) is 31.4 Å². The van der Waals surface area contributed by atoms with Crippen molar-refractivity contribution in [2.45, 2.75) is 64.6 Å². The third kappa shape index (κ3) is 5.55. The van der Waals surface area contributed by atoms with Crippen molar-refractivity contribution in [2.24, 2.45) is 11.8 Å². The van der Waals surface area contributed by atoms with E-state index in [9.17, 15) is 13.2 Å². The zero-order chi connectivity index (χ0) is 14.5. The molecule has 0 aromatic heterocycles. The molecule has 0 saturated heterocycles. The molecule has 0 heterocycles. The number of allylic oxidation sites excluding steroid dienone is 1. The van der Waals surface area contributed by atoms with Crippen molar-refractivity contribution < 1.29 is 13.2 Å². The number of halogens is 3. The second-order valence-corrected chi connectivity index (χ2v) is 5.83. The standard InChI is InChI=1S/C15H26F3N/c1-4-19-14(9-8-11(2)3)12-6-5-7-13(10-12)15(16,17)18/h12-14,19H,2,4-10H2,1,3H3. The van der Waals surface area contributed by atoms with Crippen molar-refractivity contribution in [1.29, 1.82) is 0 Å². The van der Waals surface area contributed by atoms with Gasteiger partial charge in [-0.05, 0) is 51.5 Å². The van der Waals surface area contributed by atoms with Gasteiger partial charge in [0.25, 0.3) is 0 Å². The van der Waals surface area contributed by atoms with Crippen LogP contribution in [0.25, 0.3) is 0 Å². The van der Waals surface area contributed by atoms with Gasteiger partial charge >= 0.3 is 6.18 Å². The van der Waals surface area contributed by atoms with Crippen LogP contribution in [-0.4, -0.2) is 18.8 Å². The van der Waals surface area contributed by atoms with Crippen LogP contribution in [0.3, 0.4) is 0 Å². The Morgan fingerprint density at radius 2 is 2.05 bits per heavy atom. The average molecular weight is 277 g/mol. The minimum Gasteiger partial charge on any atom is -0.314 e. The van der Waals surface area contributed by atoms with Crippen LogP contribution in [0.1, 0.15) is 52.4 Å². The third-order valence-corrected chi connectivity index (χ3v) is 4.10. The first-order chi connectivity index (χ1) is 8.84. The molecule has 3 unspecified atom stereocenters. The molecule has 1 fully saturated rings. The highest BCUT2D eigenvalue weighted by Crippen LogP contribution is 2.41. The maximum absolute atomic E-state index is 12.8. The van der Waals surface area contributed by atoms with Gasteiger partial charge in [0.1, 0.15) is 0 Å². The van der Waals surface area contributed by atoms with Gasteiger partial charge in [-0.2, -0.15) is 13.2 Å². The van der Waals surface area contributed by atoms with Crippen LogP contribution in [0, 0.1) is 11.8 Å². The molecule has 3 atom stereocenters. The van der Waals surface area contributed by atoms with Gasteiger partial charge in [-0.25, -0.2) is 0 Å². The Bertz CT molecular complexity index is 286. The summed E-state index contributed by atoms with van der Waals surface area (Å²) >= 11 is 0. The van der Waals surface area contributed by atoms with Crippen LogP contribution in [-0.2, 0) is 0 Å². The zero-order valence-electron chi connectivity index (χ0n) is 12.0. The predicted octanol–water partition coefficient (Wildman–Crippen LogP) is 4.69. The van der Waals surface area contributed by atoms with Crippen LogP contribution in [0.15, 0.2) is 12.2 Å². The molecule has 1 aliphatic carbocycles. The Kier molecular flexibility index (Phi) is 6.37. The fourth-order valence-electron chi connectivity index (χ4n) is 3.06. The average Bonchev–Trinajstić information content (AvgIpc) is 2.33. The molecular weight excluding hydrogens is 251 g/mol. The Labute approximate surface area is 114 Å². The molecule has 1 rings (SSSR count). The Hall–Kier alpha value is -0.510. The summed E-state index contributed by atoms with van der Waals surface area (Å²) < 4.78 is 38.5. The van der Waals surface area contributed by atoms with E-state index in [1.807, 2.05) is 13.8 Å². The quantitative estimate of drug-likeness (QED) is 0.694. The SMILES string of the molecule is C=C(C)CCC(NCC)C1CCCC(C(F)(F)F)C1. The zero-order valence-corrected chi connectivity index (χ0v) is 12.0. The van der Waals surface area contributed by atoms with E-state index in [2.05, 4.69) is 11.9 Å². The monoisotopic (exact) mass is 277 g/mol. The van der Waals surface area contributed by atoms with E-state index >= 15 is 0 Å². The van der Waals surface area contributed by atoms with Crippen LogP contribution in [0.5, 0.6) is 0 Å². The van der Waals surface area contributed by atoms with Gasteiger partial charge in [0.2, 0.25) is 0 Å². The van der Waals surface area contributed by atoms with Crippen LogP contribution in [0.4, 0.5) is 13.2 Å². The summed E-state index contributed by atoms with van der Waals surface area (Å²) in [6, 6.07) is 0.201. The topological polar surface area (TPSA) is 12.0 Å². The van der Waals surface area contributed by atoms with E-state index in [1.165, 1.54) is 0 Å². The lowest BCUT2D eigenvalue weighted by Gasteiger charge is -2.36. The number of hydrogen-bond acceptors (Lipinski definition) is 1. The first kappa shape index (κ1) is 16.5. The lowest BCUT2D eigenvalue weighted by Crippen LogP contribution is -2.41. The summed E-state index contributed by atoms with van der Waals surface area (Å²) in [4.78, 5) is 0. The van der Waals surface area contributed by atoms with E-state index < -0.39 is 12.1 Å². The van der Waals surface area contributed by atoms with Crippen molar-refractivity contribution in [3.63, 3.8) is 0 Å². The lowest BCUT2D eigenvalue weighted by atomic mass is 9.76.